The molecule has 3 rings (SSSR count). The van der Waals surface area contributed by atoms with E-state index in [0.29, 0.717) is 32.6 Å². The van der Waals surface area contributed by atoms with E-state index in [4.69, 9.17) is 10.5 Å². The largest absolute Gasteiger partial charge is 0.381 e. The van der Waals surface area contributed by atoms with E-state index in [0.717, 1.165) is 12.8 Å². The first kappa shape index (κ1) is 17.4. The molecular formula is C20H30N2O2. The number of carbonyl (C=O) groups excluding carboxylic acids is 1. The molecular weight excluding hydrogens is 300 g/mol. The van der Waals surface area contributed by atoms with Gasteiger partial charge in [-0.15, -0.1) is 0 Å². The molecule has 0 atom stereocenters. The fourth-order valence-electron chi connectivity index (χ4n) is 4.33. The predicted molar refractivity (Wildman–Crippen MR) is 95.9 cm³/mol. The maximum absolute atomic E-state index is 12.7. The van der Waals surface area contributed by atoms with Crippen LogP contribution >= 0.6 is 0 Å². The molecule has 2 fully saturated rings. The number of amides is 1. The molecule has 0 bridgehead atoms. The molecule has 3 N–H and O–H groups in total. The van der Waals surface area contributed by atoms with Crippen molar-refractivity contribution in [1.29, 1.82) is 0 Å². The fraction of sp³-hybridized carbons (Fsp3) is 0.650. The van der Waals surface area contributed by atoms with Crippen LogP contribution in [0.5, 0.6) is 0 Å². The maximum atomic E-state index is 12.7. The van der Waals surface area contributed by atoms with Crippen molar-refractivity contribution in [2.24, 2.45) is 5.73 Å². The quantitative estimate of drug-likeness (QED) is 0.892. The van der Waals surface area contributed by atoms with E-state index in [1.165, 1.54) is 30.4 Å². The standard InChI is InChI=1S/C20H30N2O2/c1-16-7-3-4-8-17(16)19(9-5-2-6-10-19)15-22-18(23)20(21)11-13-24-14-12-20/h3-4,7-8H,2,5-6,9-15,21H2,1H3,(H,22,23). The Morgan fingerprint density at radius 1 is 1.12 bits per heavy atom. The van der Waals surface area contributed by atoms with Crippen molar-refractivity contribution < 1.29 is 9.53 Å². The highest BCUT2D eigenvalue weighted by atomic mass is 16.5. The number of ether oxygens (including phenoxy) is 1. The van der Waals surface area contributed by atoms with Crippen molar-refractivity contribution in [3.63, 3.8) is 0 Å². The Labute approximate surface area is 145 Å². The molecule has 1 aliphatic heterocycles. The summed E-state index contributed by atoms with van der Waals surface area (Å²) >= 11 is 0. The summed E-state index contributed by atoms with van der Waals surface area (Å²) in [6.07, 6.45) is 7.24. The van der Waals surface area contributed by atoms with Crippen LogP contribution in [0.2, 0.25) is 0 Å². The molecule has 132 valence electrons. The van der Waals surface area contributed by atoms with Gasteiger partial charge in [0.25, 0.3) is 0 Å². The Balaban J connectivity index is 1.76. The highest BCUT2D eigenvalue weighted by molar-refractivity contribution is 5.86. The fourth-order valence-corrected chi connectivity index (χ4v) is 4.33. The predicted octanol–water partition coefficient (Wildman–Crippen LogP) is 2.82. The molecule has 0 unspecified atom stereocenters. The number of nitrogens with one attached hydrogen (secondary N) is 1. The van der Waals surface area contributed by atoms with Crippen LogP contribution in [0, 0.1) is 6.92 Å². The van der Waals surface area contributed by atoms with Crippen molar-refractivity contribution in [1.82, 2.24) is 5.32 Å². The van der Waals surface area contributed by atoms with Gasteiger partial charge in [0.1, 0.15) is 0 Å². The molecule has 24 heavy (non-hydrogen) atoms. The van der Waals surface area contributed by atoms with Gasteiger partial charge >= 0.3 is 0 Å². The average Bonchev–Trinajstić information content (AvgIpc) is 2.61. The topological polar surface area (TPSA) is 64.4 Å². The third-order valence-corrected chi connectivity index (χ3v) is 5.95. The van der Waals surface area contributed by atoms with Crippen LogP contribution in [0.3, 0.4) is 0 Å². The van der Waals surface area contributed by atoms with Crippen LogP contribution in [0.1, 0.15) is 56.1 Å². The van der Waals surface area contributed by atoms with Gasteiger partial charge < -0.3 is 15.8 Å². The monoisotopic (exact) mass is 330 g/mol. The van der Waals surface area contributed by atoms with Gasteiger partial charge in [0.15, 0.2) is 0 Å². The van der Waals surface area contributed by atoms with E-state index in [-0.39, 0.29) is 11.3 Å². The second-order valence-corrected chi connectivity index (χ2v) is 7.61. The van der Waals surface area contributed by atoms with Gasteiger partial charge in [-0.1, -0.05) is 43.5 Å². The molecule has 1 amide bonds. The number of carbonyl (C=O) groups is 1. The molecule has 4 heteroatoms. The minimum atomic E-state index is -0.764. The molecule has 1 heterocycles. The van der Waals surface area contributed by atoms with Gasteiger partial charge in [0.05, 0.1) is 5.54 Å². The Morgan fingerprint density at radius 2 is 1.79 bits per heavy atom. The van der Waals surface area contributed by atoms with Crippen molar-refractivity contribution >= 4 is 5.91 Å². The Morgan fingerprint density at radius 3 is 2.46 bits per heavy atom. The number of rotatable bonds is 4. The minimum absolute atomic E-state index is 0.00988. The van der Waals surface area contributed by atoms with Crippen molar-refractivity contribution in [2.45, 2.75) is 62.8 Å². The minimum Gasteiger partial charge on any atom is -0.381 e. The van der Waals surface area contributed by atoms with Crippen LogP contribution in [0.15, 0.2) is 24.3 Å². The molecule has 0 aromatic heterocycles. The highest BCUT2D eigenvalue weighted by Crippen LogP contribution is 2.40. The number of hydrogen-bond acceptors (Lipinski definition) is 3. The van der Waals surface area contributed by atoms with Crippen LogP contribution < -0.4 is 11.1 Å². The van der Waals surface area contributed by atoms with E-state index in [1.807, 2.05) is 0 Å². The van der Waals surface area contributed by atoms with Crippen LogP contribution in [0.25, 0.3) is 0 Å². The molecule has 2 aliphatic rings. The van der Waals surface area contributed by atoms with Gasteiger partial charge in [0.2, 0.25) is 5.91 Å². The second-order valence-electron chi connectivity index (χ2n) is 7.61. The van der Waals surface area contributed by atoms with Gasteiger partial charge in [-0.2, -0.15) is 0 Å². The third-order valence-electron chi connectivity index (χ3n) is 5.95. The smallest absolute Gasteiger partial charge is 0.240 e. The van der Waals surface area contributed by atoms with Gasteiger partial charge in [-0.3, -0.25) is 4.79 Å². The highest BCUT2D eigenvalue weighted by Gasteiger charge is 2.39. The third kappa shape index (κ3) is 3.50. The summed E-state index contributed by atoms with van der Waals surface area (Å²) in [6, 6.07) is 8.62. The Hall–Kier alpha value is -1.39. The Kier molecular flexibility index (Phi) is 5.26. The molecule has 4 nitrogen and oxygen atoms in total. The first-order valence-electron chi connectivity index (χ1n) is 9.27. The number of hydrogen-bond donors (Lipinski definition) is 2. The normalized spacial score (nSPS) is 22.8. The molecule has 1 aliphatic carbocycles. The van der Waals surface area contributed by atoms with Crippen molar-refractivity contribution in [3.05, 3.63) is 35.4 Å². The van der Waals surface area contributed by atoms with E-state index in [1.54, 1.807) is 0 Å². The zero-order chi connectivity index (χ0) is 17.0. The summed E-state index contributed by atoms with van der Waals surface area (Å²) in [5.41, 5.74) is 8.34. The molecule has 1 aromatic carbocycles. The van der Waals surface area contributed by atoms with Crippen LogP contribution in [-0.2, 0) is 14.9 Å². The maximum Gasteiger partial charge on any atom is 0.240 e. The first-order valence-corrected chi connectivity index (χ1v) is 9.27. The lowest BCUT2D eigenvalue weighted by Gasteiger charge is -2.40. The summed E-state index contributed by atoms with van der Waals surface area (Å²) in [4.78, 5) is 12.7. The lowest BCUT2D eigenvalue weighted by molar-refractivity contribution is -0.130. The number of benzene rings is 1. The molecule has 1 saturated heterocycles. The number of aryl methyl sites for hydroxylation is 1. The van der Waals surface area contributed by atoms with Gasteiger partial charge in [0, 0.05) is 25.2 Å². The zero-order valence-electron chi connectivity index (χ0n) is 14.8. The lowest BCUT2D eigenvalue weighted by atomic mass is 9.68. The second kappa shape index (κ2) is 7.24. The summed E-state index contributed by atoms with van der Waals surface area (Å²) in [5, 5.41) is 3.21. The van der Waals surface area contributed by atoms with Gasteiger partial charge in [-0.05, 0) is 43.7 Å². The van der Waals surface area contributed by atoms with E-state index < -0.39 is 5.54 Å². The number of nitrogens with two attached hydrogens (primary N) is 1. The van der Waals surface area contributed by atoms with Crippen LogP contribution in [0.4, 0.5) is 0 Å². The molecule has 0 radical (unpaired) electrons. The van der Waals surface area contributed by atoms with Crippen molar-refractivity contribution in [3.8, 4) is 0 Å². The molecule has 1 aromatic rings. The molecule has 0 spiro atoms. The lowest BCUT2D eigenvalue weighted by Crippen LogP contribution is -2.58. The van der Waals surface area contributed by atoms with E-state index in [9.17, 15) is 4.79 Å². The zero-order valence-corrected chi connectivity index (χ0v) is 14.8. The summed E-state index contributed by atoms with van der Waals surface area (Å²) in [5.74, 6) is -0.00988. The van der Waals surface area contributed by atoms with Crippen LogP contribution in [-0.4, -0.2) is 31.2 Å². The van der Waals surface area contributed by atoms with Gasteiger partial charge in [-0.25, -0.2) is 0 Å². The SMILES string of the molecule is Cc1ccccc1C1(CNC(=O)C2(N)CCOCC2)CCCCC1. The van der Waals surface area contributed by atoms with E-state index in [2.05, 4.69) is 36.5 Å². The molecule has 1 saturated carbocycles. The summed E-state index contributed by atoms with van der Waals surface area (Å²) in [7, 11) is 0. The summed E-state index contributed by atoms with van der Waals surface area (Å²) < 4.78 is 5.35. The van der Waals surface area contributed by atoms with Crippen molar-refractivity contribution in [2.75, 3.05) is 19.8 Å². The summed E-state index contributed by atoms with van der Waals surface area (Å²) in [6.45, 7) is 4.02. The first-order chi connectivity index (χ1) is 11.6. The average molecular weight is 330 g/mol. The van der Waals surface area contributed by atoms with E-state index >= 15 is 0 Å². The Bertz CT molecular complexity index is 573.